The summed E-state index contributed by atoms with van der Waals surface area (Å²) in [6.45, 7) is 6.12. The SMILES string of the molecule is COc1c(C)cc(Nc2nnns2)c(C)c1C. The Bertz CT molecular complexity index is 525. The molecular weight excluding hydrogens is 236 g/mol. The molecule has 1 aromatic heterocycles. The molecule has 0 unspecified atom stereocenters. The maximum atomic E-state index is 5.38. The minimum Gasteiger partial charge on any atom is -0.496 e. The molecule has 0 amide bonds. The van der Waals surface area contributed by atoms with E-state index in [0.29, 0.717) is 5.13 Å². The number of hydrogen-bond donors (Lipinski definition) is 1. The van der Waals surface area contributed by atoms with Gasteiger partial charge in [-0.1, -0.05) is 9.59 Å². The third-order valence-electron chi connectivity index (χ3n) is 2.77. The van der Waals surface area contributed by atoms with Crippen LogP contribution in [0.4, 0.5) is 10.8 Å². The first kappa shape index (κ1) is 11.8. The van der Waals surface area contributed by atoms with Gasteiger partial charge in [0.05, 0.1) is 7.11 Å². The Hall–Kier alpha value is -1.69. The summed E-state index contributed by atoms with van der Waals surface area (Å²) in [5.74, 6) is 0.934. The molecule has 2 aromatic rings. The molecule has 0 atom stereocenters. The van der Waals surface area contributed by atoms with Crippen LogP contribution in [0.5, 0.6) is 5.75 Å². The molecule has 0 radical (unpaired) electrons. The van der Waals surface area contributed by atoms with E-state index >= 15 is 0 Å². The number of anilines is 2. The zero-order chi connectivity index (χ0) is 12.4. The molecule has 1 N–H and O–H groups in total. The van der Waals surface area contributed by atoms with E-state index in [1.54, 1.807) is 7.11 Å². The largest absolute Gasteiger partial charge is 0.496 e. The Morgan fingerprint density at radius 3 is 2.59 bits per heavy atom. The number of aryl methyl sites for hydroxylation is 1. The van der Waals surface area contributed by atoms with E-state index in [1.807, 2.05) is 26.8 Å². The average molecular weight is 250 g/mol. The standard InChI is InChI=1S/C11H14N4OS/c1-6-5-9(12-11-13-14-15-17-11)7(2)8(3)10(6)16-4/h5H,1-4H3,(H,12,13,15). The van der Waals surface area contributed by atoms with Crippen molar-refractivity contribution in [2.75, 3.05) is 12.4 Å². The van der Waals surface area contributed by atoms with E-state index in [1.165, 1.54) is 11.5 Å². The van der Waals surface area contributed by atoms with Gasteiger partial charge in [0, 0.05) is 17.2 Å². The molecule has 6 heteroatoms. The van der Waals surface area contributed by atoms with E-state index < -0.39 is 0 Å². The lowest BCUT2D eigenvalue weighted by molar-refractivity contribution is 0.408. The first-order valence-corrected chi connectivity index (χ1v) is 5.97. The van der Waals surface area contributed by atoms with Crippen molar-refractivity contribution in [3.05, 3.63) is 22.8 Å². The molecular formula is C11H14N4OS. The van der Waals surface area contributed by atoms with Gasteiger partial charge in [0.1, 0.15) is 5.75 Å². The molecule has 5 nitrogen and oxygen atoms in total. The molecule has 0 bridgehead atoms. The monoisotopic (exact) mass is 250 g/mol. The summed E-state index contributed by atoms with van der Waals surface area (Å²) in [4.78, 5) is 0. The quantitative estimate of drug-likeness (QED) is 0.907. The predicted octanol–water partition coefficient (Wildman–Crippen LogP) is 2.61. The Morgan fingerprint density at radius 1 is 1.24 bits per heavy atom. The number of rotatable bonds is 3. The highest BCUT2D eigenvalue weighted by Crippen LogP contribution is 2.32. The molecule has 0 aliphatic heterocycles. The number of nitrogens with one attached hydrogen (secondary N) is 1. The van der Waals surface area contributed by atoms with Crippen LogP contribution in [0, 0.1) is 20.8 Å². The van der Waals surface area contributed by atoms with Crippen LogP contribution in [-0.4, -0.2) is 21.9 Å². The third-order valence-corrected chi connectivity index (χ3v) is 3.28. The zero-order valence-corrected chi connectivity index (χ0v) is 11.1. The van der Waals surface area contributed by atoms with Crippen LogP contribution < -0.4 is 10.1 Å². The van der Waals surface area contributed by atoms with E-state index in [2.05, 4.69) is 20.1 Å². The lowest BCUT2D eigenvalue weighted by Crippen LogP contribution is -1.99. The maximum Gasteiger partial charge on any atom is 0.229 e. The fourth-order valence-electron chi connectivity index (χ4n) is 1.80. The maximum absolute atomic E-state index is 5.38. The van der Waals surface area contributed by atoms with Gasteiger partial charge in [-0.25, -0.2) is 0 Å². The Kier molecular flexibility index (Phi) is 3.23. The van der Waals surface area contributed by atoms with Crippen LogP contribution in [-0.2, 0) is 0 Å². The first-order chi connectivity index (χ1) is 8.13. The van der Waals surface area contributed by atoms with Crippen molar-refractivity contribution < 1.29 is 4.74 Å². The third kappa shape index (κ3) is 2.21. The smallest absolute Gasteiger partial charge is 0.229 e. The van der Waals surface area contributed by atoms with Gasteiger partial charge in [-0.3, -0.25) is 0 Å². The number of nitrogens with zero attached hydrogens (tertiary/aromatic N) is 3. The van der Waals surface area contributed by atoms with Crippen LogP contribution in [0.3, 0.4) is 0 Å². The van der Waals surface area contributed by atoms with Gasteiger partial charge in [0.15, 0.2) is 0 Å². The van der Waals surface area contributed by atoms with Gasteiger partial charge in [0.25, 0.3) is 0 Å². The summed E-state index contributed by atoms with van der Waals surface area (Å²) in [6.07, 6.45) is 0. The average Bonchev–Trinajstić information content (AvgIpc) is 2.79. The van der Waals surface area contributed by atoms with Crippen molar-refractivity contribution in [1.29, 1.82) is 0 Å². The van der Waals surface area contributed by atoms with Crippen LogP contribution >= 0.6 is 11.5 Å². The van der Waals surface area contributed by atoms with Gasteiger partial charge in [-0.05, 0) is 48.7 Å². The van der Waals surface area contributed by atoms with Gasteiger partial charge < -0.3 is 10.1 Å². The lowest BCUT2D eigenvalue weighted by atomic mass is 10.0. The van der Waals surface area contributed by atoms with Crippen molar-refractivity contribution >= 4 is 22.4 Å². The van der Waals surface area contributed by atoms with E-state index in [0.717, 1.165) is 28.1 Å². The molecule has 0 spiro atoms. The summed E-state index contributed by atoms with van der Waals surface area (Å²) in [5, 5.41) is 11.3. The first-order valence-electron chi connectivity index (χ1n) is 5.20. The van der Waals surface area contributed by atoms with E-state index in [-0.39, 0.29) is 0 Å². The summed E-state index contributed by atoms with van der Waals surface area (Å²) in [7, 11) is 1.69. The molecule has 0 fully saturated rings. The van der Waals surface area contributed by atoms with Gasteiger partial charge >= 0.3 is 0 Å². The Morgan fingerprint density at radius 2 is 2.00 bits per heavy atom. The molecule has 1 aromatic carbocycles. The van der Waals surface area contributed by atoms with E-state index in [4.69, 9.17) is 4.74 Å². The minimum atomic E-state index is 0.692. The molecule has 90 valence electrons. The van der Waals surface area contributed by atoms with Crippen molar-refractivity contribution in [3.8, 4) is 5.75 Å². The highest BCUT2D eigenvalue weighted by Gasteiger charge is 2.11. The van der Waals surface area contributed by atoms with Gasteiger partial charge in [-0.2, -0.15) is 0 Å². The van der Waals surface area contributed by atoms with Crippen LogP contribution in [0.15, 0.2) is 6.07 Å². The molecule has 0 aliphatic carbocycles. The van der Waals surface area contributed by atoms with Crippen molar-refractivity contribution in [3.63, 3.8) is 0 Å². The fourth-order valence-corrected chi connectivity index (χ4v) is 2.18. The highest BCUT2D eigenvalue weighted by molar-refractivity contribution is 7.09. The number of aromatic nitrogens is 3. The Balaban J connectivity index is 2.42. The molecule has 0 saturated carbocycles. The molecule has 0 saturated heterocycles. The van der Waals surface area contributed by atoms with Crippen LogP contribution in [0.2, 0.25) is 0 Å². The second-order valence-electron chi connectivity index (χ2n) is 3.82. The van der Waals surface area contributed by atoms with Crippen molar-refractivity contribution in [2.45, 2.75) is 20.8 Å². The van der Waals surface area contributed by atoms with Crippen molar-refractivity contribution in [2.24, 2.45) is 0 Å². The normalized spacial score (nSPS) is 10.4. The summed E-state index contributed by atoms with van der Waals surface area (Å²) in [5.41, 5.74) is 4.38. The second-order valence-corrected chi connectivity index (χ2v) is 4.55. The molecule has 2 rings (SSSR count). The van der Waals surface area contributed by atoms with Gasteiger partial charge in [0.2, 0.25) is 5.13 Å². The second kappa shape index (κ2) is 4.67. The summed E-state index contributed by atoms with van der Waals surface area (Å²) < 4.78 is 9.10. The topological polar surface area (TPSA) is 59.9 Å². The van der Waals surface area contributed by atoms with E-state index in [9.17, 15) is 0 Å². The molecule has 17 heavy (non-hydrogen) atoms. The molecule has 1 heterocycles. The lowest BCUT2D eigenvalue weighted by Gasteiger charge is -2.15. The fraction of sp³-hybridized carbons (Fsp3) is 0.364. The summed E-state index contributed by atoms with van der Waals surface area (Å²) >= 11 is 1.23. The summed E-state index contributed by atoms with van der Waals surface area (Å²) in [6, 6.07) is 2.04. The highest BCUT2D eigenvalue weighted by atomic mass is 32.1. The predicted molar refractivity (Wildman–Crippen MR) is 68.2 cm³/mol. The zero-order valence-electron chi connectivity index (χ0n) is 10.2. The number of ether oxygens (including phenoxy) is 1. The van der Waals surface area contributed by atoms with Crippen LogP contribution in [0.25, 0.3) is 0 Å². The minimum absolute atomic E-state index is 0.692. The molecule has 0 aliphatic rings. The van der Waals surface area contributed by atoms with Crippen molar-refractivity contribution in [1.82, 2.24) is 14.8 Å². The number of benzene rings is 1. The number of hydrogen-bond acceptors (Lipinski definition) is 6. The van der Waals surface area contributed by atoms with Gasteiger partial charge in [-0.15, -0.1) is 0 Å². The Labute approximate surface area is 104 Å². The number of methoxy groups -OCH3 is 1. The van der Waals surface area contributed by atoms with Crippen LogP contribution in [0.1, 0.15) is 16.7 Å².